The van der Waals surface area contributed by atoms with Gasteiger partial charge in [-0.3, -0.25) is 4.79 Å². The van der Waals surface area contributed by atoms with Crippen LogP contribution in [0.3, 0.4) is 0 Å². The highest BCUT2D eigenvalue weighted by Crippen LogP contribution is 2.41. The molecule has 2 aliphatic heterocycles. The van der Waals surface area contributed by atoms with Crippen molar-refractivity contribution in [3.63, 3.8) is 0 Å². The number of ether oxygens (including phenoxy) is 1. The molecule has 31 heavy (non-hydrogen) atoms. The van der Waals surface area contributed by atoms with E-state index in [0.717, 1.165) is 48.6 Å². The maximum absolute atomic E-state index is 13.1. The van der Waals surface area contributed by atoms with Crippen LogP contribution in [-0.4, -0.2) is 60.0 Å². The molecule has 7 nitrogen and oxygen atoms in total. The van der Waals surface area contributed by atoms with Gasteiger partial charge in [-0.05, 0) is 41.6 Å². The molecule has 2 aromatic heterocycles. The van der Waals surface area contributed by atoms with E-state index in [2.05, 4.69) is 20.9 Å². The van der Waals surface area contributed by atoms with Crippen molar-refractivity contribution in [1.29, 1.82) is 0 Å². The number of hydrogen-bond acceptors (Lipinski definition) is 7. The maximum Gasteiger partial charge on any atom is 0.356 e. The van der Waals surface area contributed by atoms with E-state index in [0.29, 0.717) is 5.95 Å². The third kappa shape index (κ3) is 3.67. The predicted octanol–water partition coefficient (Wildman–Crippen LogP) is 3.34. The van der Waals surface area contributed by atoms with Crippen LogP contribution in [0.4, 0.5) is 5.95 Å². The van der Waals surface area contributed by atoms with Gasteiger partial charge < -0.3 is 14.5 Å². The molecule has 0 atom stereocenters. The van der Waals surface area contributed by atoms with Gasteiger partial charge in [0.15, 0.2) is 5.69 Å². The van der Waals surface area contributed by atoms with E-state index in [1.165, 1.54) is 7.11 Å². The molecule has 2 fully saturated rings. The minimum Gasteiger partial charge on any atom is -0.464 e. The number of methoxy groups -OCH3 is 1. The van der Waals surface area contributed by atoms with Gasteiger partial charge in [0.25, 0.3) is 5.91 Å². The van der Waals surface area contributed by atoms with Crippen molar-refractivity contribution in [2.45, 2.75) is 6.42 Å². The van der Waals surface area contributed by atoms with E-state index >= 15 is 0 Å². The van der Waals surface area contributed by atoms with E-state index in [4.69, 9.17) is 4.74 Å². The number of nitrogens with zero attached hydrogens (tertiary/aromatic N) is 4. The van der Waals surface area contributed by atoms with Gasteiger partial charge in [0.2, 0.25) is 5.95 Å². The molecule has 5 rings (SSSR count). The summed E-state index contributed by atoms with van der Waals surface area (Å²) in [4.78, 5) is 38.6. The quantitative estimate of drug-likeness (QED) is 0.587. The van der Waals surface area contributed by atoms with Gasteiger partial charge in [-0.2, -0.15) is 0 Å². The molecule has 158 valence electrons. The Hall–Kier alpha value is -3.26. The van der Waals surface area contributed by atoms with Gasteiger partial charge in [0, 0.05) is 48.2 Å². The Morgan fingerprint density at radius 2 is 2.00 bits per heavy atom. The highest BCUT2D eigenvalue weighted by atomic mass is 32.1. The number of thiophene rings is 1. The molecule has 0 N–H and O–H groups in total. The highest BCUT2D eigenvalue weighted by molar-refractivity contribution is 7.13. The monoisotopic (exact) mass is 434 g/mol. The first-order valence-electron chi connectivity index (χ1n) is 10.2. The average Bonchev–Trinajstić information content (AvgIpc) is 3.48. The maximum atomic E-state index is 13.1. The topological polar surface area (TPSA) is 75.6 Å². The van der Waals surface area contributed by atoms with E-state index in [9.17, 15) is 9.59 Å². The molecular weight excluding hydrogens is 412 g/mol. The largest absolute Gasteiger partial charge is 0.464 e. The number of likely N-dealkylation sites (tertiary alicyclic amines) is 1. The minimum atomic E-state index is -0.471. The first-order chi connectivity index (χ1) is 15.1. The number of aromatic nitrogens is 2. The lowest BCUT2D eigenvalue weighted by atomic mass is 9.79. The second-order valence-electron chi connectivity index (χ2n) is 8.12. The number of esters is 1. The van der Waals surface area contributed by atoms with Crippen LogP contribution in [0.1, 0.15) is 27.3 Å². The lowest BCUT2D eigenvalue weighted by Crippen LogP contribution is -2.58. The summed E-state index contributed by atoms with van der Waals surface area (Å²) in [5, 5.41) is 2.04. The van der Waals surface area contributed by atoms with Crippen LogP contribution < -0.4 is 4.90 Å². The molecule has 2 aliphatic rings. The van der Waals surface area contributed by atoms with E-state index in [1.54, 1.807) is 23.6 Å². The Bertz CT molecular complexity index is 1130. The third-order valence-electron chi connectivity index (χ3n) is 6.01. The molecular formula is C23H22N4O3S. The van der Waals surface area contributed by atoms with E-state index < -0.39 is 5.97 Å². The second kappa shape index (κ2) is 7.77. The summed E-state index contributed by atoms with van der Waals surface area (Å²) in [6, 6.07) is 13.5. The summed E-state index contributed by atoms with van der Waals surface area (Å²) in [6.45, 7) is 3.02. The minimum absolute atomic E-state index is 0.0612. The Kier molecular flexibility index (Phi) is 4.94. The first-order valence-corrected chi connectivity index (χ1v) is 11.0. The average molecular weight is 435 g/mol. The standard InChI is InChI=1S/C23H22N4O3S/c1-30-21(29)18-7-9-24-22(25-18)27-14-23(15-27)8-10-26(13-23)20(28)17-5-2-4-16(12-17)19-6-3-11-31-19/h2-7,9,11-12H,8,10,13-15H2,1H3. The van der Waals surface area contributed by atoms with Crippen molar-refractivity contribution in [3.8, 4) is 10.4 Å². The summed E-state index contributed by atoms with van der Waals surface area (Å²) in [7, 11) is 1.34. The smallest absolute Gasteiger partial charge is 0.356 e. The normalized spacial score (nSPS) is 16.9. The molecule has 3 aromatic rings. The highest BCUT2D eigenvalue weighted by Gasteiger charge is 2.49. The Labute approximate surface area is 184 Å². The number of hydrogen-bond donors (Lipinski definition) is 0. The van der Waals surface area contributed by atoms with Crippen molar-refractivity contribution in [2.24, 2.45) is 5.41 Å². The van der Waals surface area contributed by atoms with Gasteiger partial charge in [0.1, 0.15) is 0 Å². The van der Waals surface area contributed by atoms with Crippen LogP contribution >= 0.6 is 11.3 Å². The molecule has 1 spiro atoms. The van der Waals surface area contributed by atoms with Crippen molar-refractivity contribution >= 4 is 29.2 Å². The molecule has 1 amide bonds. The second-order valence-corrected chi connectivity index (χ2v) is 9.07. The summed E-state index contributed by atoms with van der Waals surface area (Å²) in [5.41, 5.74) is 2.12. The molecule has 0 aliphatic carbocycles. The van der Waals surface area contributed by atoms with Crippen molar-refractivity contribution in [3.05, 3.63) is 65.3 Å². The first kappa shape index (κ1) is 19.7. The Morgan fingerprint density at radius 1 is 1.13 bits per heavy atom. The van der Waals surface area contributed by atoms with Crippen molar-refractivity contribution in [1.82, 2.24) is 14.9 Å². The molecule has 0 unspecified atom stereocenters. The third-order valence-corrected chi connectivity index (χ3v) is 6.93. The zero-order valence-corrected chi connectivity index (χ0v) is 18.0. The number of carbonyl (C=O) groups is 2. The van der Waals surface area contributed by atoms with Crippen LogP contribution in [-0.2, 0) is 4.74 Å². The summed E-state index contributed by atoms with van der Waals surface area (Å²) in [5.74, 6) is 0.140. The van der Waals surface area contributed by atoms with Gasteiger partial charge >= 0.3 is 5.97 Å². The zero-order valence-electron chi connectivity index (χ0n) is 17.2. The Morgan fingerprint density at radius 3 is 2.77 bits per heavy atom. The number of amides is 1. The van der Waals surface area contributed by atoms with E-state index in [-0.39, 0.29) is 17.0 Å². The van der Waals surface area contributed by atoms with Crippen LogP contribution in [0, 0.1) is 5.41 Å². The fourth-order valence-corrected chi connectivity index (χ4v) is 5.15. The summed E-state index contributed by atoms with van der Waals surface area (Å²) < 4.78 is 4.74. The van der Waals surface area contributed by atoms with Gasteiger partial charge in [-0.25, -0.2) is 14.8 Å². The van der Waals surface area contributed by atoms with E-state index in [1.807, 2.05) is 40.6 Å². The fraction of sp³-hybridized carbons (Fsp3) is 0.304. The lowest BCUT2D eigenvalue weighted by molar-refractivity contribution is 0.0593. The predicted molar refractivity (Wildman–Crippen MR) is 118 cm³/mol. The van der Waals surface area contributed by atoms with Crippen molar-refractivity contribution in [2.75, 3.05) is 38.2 Å². The number of anilines is 1. The van der Waals surface area contributed by atoms with Gasteiger partial charge in [-0.1, -0.05) is 18.2 Å². The molecule has 2 saturated heterocycles. The number of carbonyl (C=O) groups excluding carboxylic acids is 2. The zero-order chi connectivity index (χ0) is 21.4. The summed E-state index contributed by atoms with van der Waals surface area (Å²) in [6.07, 6.45) is 2.53. The number of benzene rings is 1. The Balaban J connectivity index is 1.25. The molecule has 0 bridgehead atoms. The van der Waals surface area contributed by atoms with Crippen LogP contribution in [0.25, 0.3) is 10.4 Å². The lowest BCUT2D eigenvalue weighted by Gasteiger charge is -2.47. The van der Waals surface area contributed by atoms with Crippen molar-refractivity contribution < 1.29 is 14.3 Å². The van der Waals surface area contributed by atoms with Crippen LogP contribution in [0.15, 0.2) is 54.0 Å². The molecule has 1 aromatic carbocycles. The van der Waals surface area contributed by atoms with Gasteiger partial charge in [-0.15, -0.1) is 11.3 Å². The molecule has 4 heterocycles. The summed E-state index contributed by atoms with van der Waals surface area (Å²) >= 11 is 1.67. The van der Waals surface area contributed by atoms with Crippen LogP contribution in [0.2, 0.25) is 0 Å². The number of rotatable bonds is 4. The van der Waals surface area contributed by atoms with Gasteiger partial charge in [0.05, 0.1) is 7.11 Å². The molecule has 0 saturated carbocycles. The SMILES string of the molecule is COC(=O)c1ccnc(N2CC3(CCN(C(=O)c4cccc(-c5cccs5)c4)C3)C2)n1. The molecule has 0 radical (unpaired) electrons. The fourth-order valence-electron chi connectivity index (χ4n) is 4.42. The van der Waals surface area contributed by atoms with Crippen LogP contribution in [0.5, 0.6) is 0 Å². The molecule has 8 heteroatoms.